The molecule has 0 spiro atoms. The largest absolute Gasteiger partial charge is 0.461 e. The molecule has 0 amide bonds. The van der Waals surface area contributed by atoms with E-state index in [0.717, 1.165) is 6.42 Å². The van der Waals surface area contributed by atoms with E-state index in [2.05, 4.69) is 10.2 Å². The minimum atomic E-state index is -4.00. The van der Waals surface area contributed by atoms with E-state index in [9.17, 15) is 13.2 Å². The predicted molar refractivity (Wildman–Crippen MR) is 66.9 cm³/mol. The van der Waals surface area contributed by atoms with Gasteiger partial charge in [-0.15, -0.1) is 0 Å². The Kier molecular flexibility index (Phi) is 3.91. The van der Waals surface area contributed by atoms with Crippen LogP contribution in [0.15, 0.2) is 4.90 Å². The van der Waals surface area contributed by atoms with Gasteiger partial charge in [0.1, 0.15) is 4.90 Å². The predicted octanol–water partition coefficient (Wildman–Crippen LogP) is 0.713. The molecule has 0 atom stereocenters. The molecule has 0 aromatic carbocycles. The number of ether oxygens (including phenoxy) is 1. The summed E-state index contributed by atoms with van der Waals surface area (Å²) in [5.74, 6) is -0.140. The third-order valence-electron chi connectivity index (χ3n) is 3.35. The number of aromatic nitrogens is 2. The van der Waals surface area contributed by atoms with Crippen LogP contribution in [0.25, 0.3) is 0 Å². The number of hydrogen-bond acceptors (Lipinski definition) is 5. The first-order valence-corrected chi connectivity index (χ1v) is 7.69. The summed E-state index contributed by atoms with van der Waals surface area (Å²) in [7, 11) is -4.00. The molecule has 19 heavy (non-hydrogen) atoms. The van der Waals surface area contributed by atoms with Gasteiger partial charge in [-0.3, -0.25) is 5.10 Å². The number of rotatable bonds is 5. The van der Waals surface area contributed by atoms with Crippen molar-refractivity contribution in [3.05, 3.63) is 11.4 Å². The van der Waals surface area contributed by atoms with Crippen LogP contribution in [0.2, 0.25) is 0 Å². The van der Waals surface area contributed by atoms with Crippen LogP contribution in [0.5, 0.6) is 0 Å². The number of aryl methyl sites for hydroxylation is 1. The van der Waals surface area contributed by atoms with E-state index in [1.807, 2.05) is 0 Å². The van der Waals surface area contributed by atoms with E-state index in [-0.39, 0.29) is 22.9 Å². The van der Waals surface area contributed by atoms with Crippen molar-refractivity contribution in [1.82, 2.24) is 10.2 Å². The lowest BCUT2D eigenvalue weighted by Crippen LogP contribution is -2.19. The molecule has 3 N–H and O–H groups in total. The van der Waals surface area contributed by atoms with Gasteiger partial charge in [0.2, 0.25) is 10.0 Å². The van der Waals surface area contributed by atoms with Crippen molar-refractivity contribution in [3.8, 4) is 0 Å². The maximum absolute atomic E-state index is 11.8. The van der Waals surface area contributed by atoms with Crippen LogP contribution in [0.3, 0.4) is 0 Å². The fourth-order valence-electron chi connectivity index (χ4n) is 2.07. The van der Waals surface area contributed by atoms with E-state index < -0.39 is 16.0 Å². The highest BCUT2D eigenvalue weighted by atomic mass is 32.2. The molecule has 1 aliphatic rings. The van der Waals surface area contributed by atoms with Crippen LogP contribution in [0.1, 0.15) is 41.9 Å². The molecule has 1 saturated carbocycles. The number of sulfonamides is 1. The Hall–Kier alpha value is -1.41. The first kappa shape index (κ1) is 14.0. The number of carbonyl (C=O) groups excluding carboxylic acids is 1. The van der Waals surface area contributed by atoms with Crippen LogP contribution in [-0.2, 0) is 14.8 Å². The number of hydrogen-bond donors (Lipinski definition) is 2. The summed E-state index contributed by atoms with van der Waals surface area (Å²) in [4.78, 5) is 11.5. The Labute approximate surface area is 111 Å². The van der Waals surface area contributed by atoms with Crippen LogP contribution >= 0.6 is 0 Å². The lowest BCUT2D eigenvalue weighted by Gasteiger charge is -2.24. The first-order valence-electron chi connectivity index (χ1n) is 6.14. The Bertz CT molecular complexity index is 575. The van der Waals surface area contributed by atoms with Gasteiger partial charge in [-0.2, -0.15) is 5.10 Å². The Morgan fingerprint density at radius 3 is 2.74 bits per heavy atom. The van der Waals surface area contributed by atoms with Gasteiger partial charge < -0.3 is 4.74 Å². The summed E-state index contributed by atoms with van der Waals surface area (Å²) in [5, 5.41) is 11.1. The number of nitrogens with one attached hydrogen (secondary N) is 1. The average molecular weight is 287 g/mol. The average Bonchev–Trinajstić information content (AvgIpc) is 2.63. The summed E-state index contributed by atoms with van der Waals surface area (Å²) < 4.78 is 27.8. The molecule has 1 aliphatic carbocycles. The molecule has 0 radical (unpaired) electrons. The van der Waals surface area contributed by atoms with Crippen molar-refractivity contribution in [2.45, 2.75) is 37.5 Å². The van der Waals surface area contributed by atoms with Gasteiger partial charge >= 0.3 is 5.97 Å². The zero-order valence-electron chi connectivity index (χ0n) is 10.7. The van der Waals surface area contributed by atoms with Crippen molar-refractivity contribution in [3.63, 3.8) is 0 Å². The topological polar surface area (TPSA) is 115 Å². The highest BCUT2D eigenvalue weighted by Crippen LogP contribution is 2.29. The lowest BCUT2D eigenvalue weighted by molar-refractivity contribution is 0.0453. The number of H-pyrrole nitrogens is 1. The molecule has 7 nitrogen and oxygen atoms in total. The number of nitrogens with two attached hydrogens (primary N) is 1. The zero-order chi connectivity index (χ0) is 14.0. The number of primary sulfonamides is 1. The van der Waals surface area contributed by atoms with Gasteiger partial charge in [-0.25, -0.2) is 18.4 Å². The lowest BCUT2D eigenvalue weighted by atomic mass is 9.83. The van der Waals surface area contributed by atoms with E-state index in [1.54, 1.807) is 0 Å². The maximum Gasteiger partial charge on any atom is 0.360 e. The number of carbonyl (C=O) groups is 1. The highest BCUT2D eigenvalue weighted by molar-refractivity contribution is 7.89. The summed E-state index contributed by atoms with van der Waals surface area (Å²) >= 11 is 0. The fourth-order valence-corrected chi connectivity index (χ4v) is 2.94. The standard InChI is InChI=1S/C11H17N3O4S/c1-7-10(19(12,16)17)9(14-13-7)11(15)18-6-5-8-3-2-4-8/h8H,2-6H2,1H3,(H,13,14)(H2,12,16,17). The van der Waals surface area contributed by atoms with Crippen molar-refractivity contribution in [2.24, 2.45) is 11.1 Å². The first-order chi connectivity index (χ1) is 8.89. The van der Waals surface area contributed by atoms with Crippen molar-refractivity contribution in [2.75, 3.05) is 6.61 Å². The van der Waals surface area contributed by atoms with Crippen LogP contribution in [0, 0.1) is 12.8 Å². The van der Waals surface area contributed by atoms with Gasteiger partial charge in [0, 0.05) is 0 Å². The minimum Gasteiger partial charge on any atom is -0.461 e. The third-order valence-corrected chi connectivity index (χ3v) is 4.42. The van der Waals surface area contributed by atoms with Crippen molar-refractivity contribution >= 4 is 16.0 Å². The van der Waals surface area contributed by atoms with E-state index >= 15 is 0 Å². The normalized spacial score (nSPS) is 16.1. The number of nitrogens with zero attached hydrogens (tertiary/aromatic N) is 1. The quantitative estimate of drug-likeness (QED) is 0.774. The van der Waals surface area contributed by atoms with Gasteiger partial charge in [0.15, 0.2) is 5.69 Å². The monoisotopic (exact) mass is 287 g/mol. The SMILES string of the molecule is Cc1[nH]nc(C(=O)OCCC2CCC2)c1S(N)(=O)=O. The van der Waals surface area contributed by atoms with E-state index in [0.29, 0.717) is 5.92 Å². The summed E-state index contributed by atoms with van der Waals surface area (Å²) in [6, 6.07) is 0. The summed E-state index contributed by atoms with van der Waals surface area (Å²) in [6.45, 7) is 1.76. The summed E-state index contributed by atoms with van der Waals surface area (Å²) in [6.07, 6.45) is 4.37. The van der Waals surface area contributed by atoms with Gasteiger partial charge in [0.25, 0.3) is 0 Å². The Balaban J connectivity index is 2.02. The molecule has 1 aromatic rings. The molecule has 2 rings (SSSR count). The van der Waals surface area contributed by atoms with E-state index in [4.69, 9.17) is 9.88 Å². The number of esters is 1. The molecule has 106 valence electrons. The second-order valence-electron chi connectivity index (χ2n) is 4.79. The van der Waals surface area contributed by atoms with E-state index in [1.165, 1.54) is 26.2 Å². The van der Waals surface area contributed by atoms with Crippen molar-refractivity contribution < 1.29 is 17.9 Å². The highest BCUT2D eigenvalue weighted by Gasteiger charge is 2.27. The molecule has 1 fully saturated rings. The number of aromatic amines is 1. The molecule has 8 heteroatoms. The van der Waals surface area contributed by atoms with Gasteiger partial charge in [0.05, 0.1) is 12.3 Å². The minimum absolute atomic E-state index is 0.230. The second kappa shape index (κ2) is 5.30. The summed E-state index contributed by atoms with van der Waals surface area (Å²) in [5.41, 5.74) is -0.0398. The molecule has 0 unspecified atom stereocenters. The molecule has 0 aliphatic heterocycles. The Morgan fingerprint density at radius 1 is 1.53 bits per heavy atom. The third kappa shape index (κ3) is 3.13. The Morgan fingerprint density at radius 2 is 2.21 bits per heavy atom. The maximum atomic E-state index is 11.8. The van der Waals surface area contributed by atoms with Crippen molar-refractivity contribution in [1.29, 1.82) is 0 Å². The molecule has 1 aromatic heterocycles. The molecule has 1 heterocycles. The molecule has 0 bridgehead atoms. The molecule has 0 saturated heterocycles. The van der Waals surface area contributed by atoms with Crippen LogP contribution in [-0.4, -0.2) is 31.2 Å². The van der Waals surface area contributed by atoms with Gasteiger partial charge in [-0.05, 0) is 19.3 Å². The molecular formula is C11H17N3O4S. The smallest absolute Gasteiger partial charge is 0.360 e. The van der Waals surface area contributed by atoms with Gasteiger partial charge in [-0.1, -0.05) is 19.3 Å². The zero-order valence-corrected chi connectivity index (χ0v) is 11.5. The second-order valence-corrected chi connectivity index (χ2v) is 6.29. The van der Waals surface area contributed by atoms with Crippen LogP contribution in [0.4, 0.5) is 0 Å². The fraction of sp³-hybridized carbons (Fsp3) is 0.636. The molecular weight excluding hydrogens is 270 g/mol. The van der Waals surface area contributed by atoms with Crippen LogP contribution < -0.4 is 5.14 Å².